The summed E-state index contributed by atoms with van der Waals surface area (Å²) in [5.74, 6) is 1.85. The molecule has 11 rings (SSSR count). The van der Waals surface area contributed by atoms with E-state index in [-0.39, 0.29) is 17.3 Å². The van der Waals surface area contributed by atoms with Crippen molar-refractivity contribution in [2.24, 2.45) is 0 Å². The van der Waals surface area contributed by atoms with Crippen LogP contribution in [0.15, 0.2) is 170 Å². The number of halogens is 1. The number of imidazole rings is 1. The van der Waals surface area contributed by atoms with Crippen molar-refractivity contribution >= 4 is 39.0 Å². The lowest BCUT2D eigenvalue weighted by atomic mass is 9.74. The average Bonchev–Trinajstić information content (AvgIpc) is 3.84. The Hall–Kier alpha value is -6.53. The molecular weight excluding hydrogens is 666 g/mol. The molecule has 3 aliphatic rings. The van der Waals surface area contributed by atoms with Crippen LogP contribution in [0, 0.1) is 0 Å². The molecule has 3 unspecified atom stereocenters. The number of hydrogen-bond acceptors (Lipinski definition) is 3. The van der Waals surface area contributed by atoms with E-state index in [4.69, 9.17) is 9.97 Å². The third kappa shape index (κ3) is 4.37. The van der Waals surface area contributed by atoms with Crippen molar-refractivity contribution in [3.63, 3.8) is 0 Å². The average molecular weight is 702 g/mol. The van der Waals surface area contributed by atoms with Crippen LogP contribution in [0.4, 0.5) is 21.6 Å². The summed E-state index contributed by atoms with van der Waals surface area (Å²) in [5.41, 5.74) is 10.9. The molecule has 0 amide bonds. The van der Waals surface area contributed by atoms with Gasteiger partial charge >= 0.3 is 0 Å². The molecule has 2 aliphatic heterocycles. The highest BCUT2D eigenvalue weighted by molar-refractivity contribution is 6.11. The lowest BCUT2D eigenvalue weighted by molar-refractivity contribution is 0.397. The van der Waals surface area contributed by atoms with Gasteiger partial charge in [-0.25, -0.2) is 14.4 Å². The van der Waals surface area contributed by atoms with E-state index in [1.165, 1.54) is 21.9 Å². The second-order valence-corrected chi connectivity index (χ2v) is 15.2. The molecule has 0 saturated heterocycles. The highest BCUT2D eigenvalue weighted by Gasteiger charge is 2.39. The summed E-state index contributed by atoms with van der Waals surface area (Å²) in [6.45, 7) is 4.56. The number of pyridine rings is 1. The summed E-state index contributed by atoms with van der Waals surface area (Å²) in [5, 5.41) is 2.41. The number of benzene rings is 5. The fourth-order valence-electron chi connectivity index (χ4n) is 9.30. The van der Waals surface area contributed by atoms with Crippen LogP contribution in [0.25, 0.3) is 33.2 Å². The molecule has 54 heavy (non-hydrogen) atoms. The summed E-state index contributed by atoms with van der Waals surface area (Å²) in [7, 11) is 0. The van der Waals surface area contributed by atoms with Gasteiger partial charge in [-0.15, -0.1) is 0 Å². The van der Waals surface area contributed by atoms with Gasteiger partial charge < -0.3 is 9.13 Å². The van der Waals surface area contributed by atoms with Crippen LogP contribution in [0.3, 0.4) is 0 Å². The highest BCUT2D eigenvalue weighted by atomic mass is 19.1. The number of aromatic nitrogens is 4. The van der Waals surface area contributed by atoms with Crippen LogP contribution in [0.5, 0.6) is 0 Å². The predicted molar refractivity (Wildman–Crippen MR) is 216 cm³/mol. The highest BCUT2D eigenvalue weighted by Crippen LogP contribution is 2.54. The molecule has 260 valence electrons. The quantitative estimate of drug-likeness (QED) is 0.183. The first-order chi connectivity index (χ1) is 26.5. The van der Waals surface area contributed by atoms with Crippen LogP contribution in [0.2, 0.25) is 0 Å². The van der Waals surface area contributed by atoms with Gasteiger partial charge in [0.05, 0.1) is 22.4 Å². The standard InChI is InChI=1S/C48H36FN5/c1-48(2)39-18-11-23-50-47(39)54(44-29-43-37(28-40(44)48)36-17-7-9-20-42(36)53(43)32-13-4-3-5-14-32)33-15-10-12-30(26-33)45(49)31-21-22-34-35-16-6-8-19-41(35)52-25-24-51-46(52)38(34)27-31/h3-29,34,38,45H,1-2H3. The first kappa shape index (κ1) is 31.0. The molecule has 0 N–H and O–H groups in total. The number of anilines is 3. The van der Waals surface area contributed by atoms with Gasteiger partial charge in [0.25, 0.3) is 0 Å². The molecule has 0 fully saturated rings. The molecule has 6 heteroatoms. The van der Waals surface area contributed by atoms with Crippen LogP contribution >= 0.6 is 0 Å². The largest absolute Gasteiger partial charge is 0.309 e. The Morgan fingerprint density at radius 1 is 0.667 bits per heavy atom. The molecule has 5 aromatic carbocycles. The predicted octanol–water partition coefficient (Wildman–Crippen LogP) is 11.9. The molecule has 1 aliphatic carbocycles. The molecule has 0 bridgehead atoms. The minimum Gasteiger partial charge on any atom is -0.309 e. The Balaban J connectivity index is 1.06. The maximum absolute atomic E-state index is 17.0. The zero-order chi connectivity index (χ0) is 36.1. The maximum atomic E-state index is 17.0. The number of rotatable bonds is 4. The molecular formula is C48H36FN5. The maximum Gasteiger partial charge on any atom is 0.150 e. The van der Waals surface area contributed by atoms with E-state index >= 15 is 4.39 Å². The summed E-state index contributed by atoms with van der Waals surface area (Å²) in [6.07, 6.45) is 10.6. The Morgan fingerprint density at radius 2 is 1.48 bits per heavy atom. The number of allylic oxidation sites excluding steroid dienone is 4. The zero-order valence-electron chi connectivity index (χ0n) is 29.9. The lowest BCUT2D eigenvalue weighted by Crippen LogP contribution is -2.31. The van der Waals surface area contributed by atoms with E-state index in [0.29, 0.717) is 11.1 Å². The van der Waals surface area contributed by atoms with Crippen LogP contribution in [-0.2, 0) is 5.41 Å². The molecule has 0 saturated carbocycles. The second-order valence-electron chi connectivity index (χ2n) is 15.2. The van der Waals surface area contributed by atoms with Gasteiger partial charge in [0.2, 0.25) is 0 Å². The van der Waals surface area contributed by atoms with Crippen LogP contribution in [0.1, 0.15) is 59.9 Å². The monoisotopic (exact) mass is 701 g/mol. The Kier molecular flexibility index (Phi) is 6.60. The fraction of sp³-hybridized carbons (Fsp3) is 0.125. The van der Waals surface area contributed by atoms with Gasteiger partial charge in [0.15, 0.2) is 6.17 Å². The van der Waals surface area contributed by atoms with Crippen LogP contribution in [-0.4, -0.2) is 19.1 Å². The van der Waals surface area contributed by atoms with Gasteiger partial charge in [-0.3, -0.25) is 4.90 Å². The van der Waals surface area contributed by atoms with E-state index in [1.807, 2.05) is 48.9 Å². The minimum absolute atomic E-state index is 0.0533. The van der Waals surface area contributed by atoms with Crippen LogP contribution < -0.4 is 4.90 Å². The van der Waals surface area contributed by atoms with E-state index in [2.05, 4.69) is 143 Å². The van der Waals surface area contributed by atoms with E-state index in [9.17, 15) is 0 Å². The third-order valence-corrected chi connectivity index (χ3v) is 11.9. The second kappa shape index (κ2) is 11.5. The first-order valence-corrected chi connectivity index (χ1v) is 18.6. The smallest absolute Gasteiger partial charge is 0.150 e. The lowest BCUT2D eigenvalue weighted by Gasteiger charge is -2.41. The number of para-hydroxylation sites is 3. The molecule has 5 heterocycles. The van der Waals surface area contributed by atoms with Crippen molar-refractivity contribution in [3.8, 4) is 11.4 Å². The molecule has 0 radical (unpaired) electrons. The molecule has 3 aromatic heterocycles. The molecule has 3 atom stereocenters. The number of fused-ring (bicyclic) bond motifs is 11. The van der Waals surface area contributed by atoms with Crippen molar-refractivity contribution in [2.45, 2.75) is 37.3 Å². The number of nitrogens with zero attached hydrogens (tertiary/aromatic N) is 5. The van der Waals surface area contributed by atoms with Gasteiger partial charge in [0.1, 0.15) is 11.6 Å². The Morgan fingerprint density at radius 3 is 2.39 bits per heavy atom. The van der Waals surface area contributed by atoms with E-state index in [0.717, 1.165) is 51.0 Å². The van der Waals surface area contributed by atoms with Crippen molar-refractivity contribution in [1.82, 2.24) is 19.1 Å². The van der Waals surface area contributed by atoms with Crippen molar-refractivity contribution in [3.05, 3.63) is 198 Å². The van der Waals surface area contributed by atoms with Gasteiger partial charge in [-0.2, -0.15) is 0 Å². The number of hydrogen-bond donors (Lipinski definition) is 0. The first-order valence-electron chi connectivity index (χ1n) is 18.6. The topological polar surface area (TPSA) is 38.9 Å². The van der Waals surface area contributed by atoms with Gasteiger partial charge in [-0.1, -0.05) is 105 Å². The molecule has 0 spiro atoms. The number of alkyl halides is 1. The van der Waals surface area contributed by atoms with Crippen molar-refractivity contribution in [2.75, 3.05) is 4.90 Å². The molecule has 5 nitrogen and oxygen atoms in total. The van der Waals surface area contributed by atoms with E-state index < -0.39 is 6.17 Å². The third-order valence-electron chi connectivity index (χ3n) is 11.9. The van der Waals surface area contributed by atoms with Crippen molar-refractivity contribution < 1.29 is 4.39 Å². The SMILES string of the molecule is CC1(C)c2cc3c4ccccc4n(-c4ccccc4)c3cc2N(c2cccc(C(F)C3=CC4c5nccn5-c5ccccc5C4C=C3)c2)c2ncccc21. The summed E-state index contributed by atoms with van der Waals surface area (Å²) < 4.78 is 21.5. The molecule has 8 aromatic rings. The minimum atomic E-state index is -1.32. The fourth-order valence-corrected chi connectivity index (χ4v) is 9.30. The summed E-state index contributed by atoms with van der Waals surface area (Å²) in [6, 6.07) is 44.4. The Labute approximate surface area is 313 Å². The summed E-state index contributed by atoms with van der Waals surface area (Å²) >= 11 is 0. The van der Waals surface area contributed by atoms with Gasteiger partial charge in [-0.05, 0) is 76.9 Å². The summed E-state index contributed by atoms with van der Waals surface area (Å²) in [4.78, 5) is 12.0. The van der Waals surface area contributed by atoms with E-state index in [1.54, 1.807) is 0 Å². The van der Waals surface area contributed by atoms with Gasteiger partial charge in [0, 0.05) is 63.6 Å². The normalized spacial score (nSPS) is 18.4. The van der Waals surface area contributed by atoms with Crippen molar-refractivity contribution in [1.29, 1.82) is 0 Å². The zero-order valence-corrected chi connectivity index (χ0v) is 29.9. The Bertz CT molecular complexity index is 2860.